The first-order valence-electron chi connectivity index (χ1n) is 5.10. The van der Waals surface area contributed by atoms with E-state index in [-0.39, 0.29) is 24.6 Å². The van der Waals surface area contributed by atoms with Gasteiger partial charge < -0.3 is 14.6 Å². The molecular weight excluding hydrogens is 184 g/mol. The number of fused-ring (bicyclic) bond motifs is 5. The average molecular weight is 198 g/mol. The van der Waals surface area contributed by atoms with Crippen LogP contribution in [0.2, 0.25) is 0 Å². The van der Waals surface area contributed by atoms with Crippen LogP contribution in [0.15, 0.2) is 0 Å². The Bertz CT molecular complexity index is 302. The van der Waals surface area contributed by atoms with Crippen molar-refractivity contribution in [3.8, 4) is 0 Å². The molecule has 3 saturated heterocycles. The largest absolute Gasteiger partial charge is 0.465 e. The molecule has 0 amide bonds. The molecule has 0 aliphatic carbocycles. The molecule has 4 nitrogen and oxygen atoms in total. The fourth-order valence-corrected chi connectivity index (χ4v) is 3.37. The van der Waals surface area contributed by atoms with Crippen LogP contribution in [-0.4, -0.2) is 36.0 Å². The van der Waals surface area contributed by atoms with Crippen LogP contribution >= 0.6 is 0 Å². The number of rotatable bonds is 1. The quantitative estimate of drug-likeness (QED) is 0.607. The van der Waals surface area contributed by atoms with Crippen molar-refractivity contribution in [3.05, 3.63) is 0 Å². The van der Waals surface area contributed by atoms with Crippen molar-refractivity contribution in [2.24, 2.45) is 11.3 Å². The molecule has 0 spiro atoms. The normalized spacial score (nSPS) is 54.9. The Kier molecular flexibility index (Phi) is 1.43. The highest BCUT2D eigenvalue weighted by molar-refractivity contribution is 5.81. The molecule has 78 valence electrons. The summed E-state index contributed by atoms with van der Waals surface area (Å²) in [6, 6.07) is 0. The SMILES string of the molecule is C[C@@]12C(=O)OC[C@@H]1[C@H]1CC[C@]2(CO)O1. The van der Waals surface area contributed by atoms with Crippen molar-refractivity contribution >= 4 is 5.97 Å². The zero-order valence-corrected chi connectivity index (χ0v) is 8.16. The smallest absolute Gasteiger partial charge is 0.315 e. The maximum atomic E-state index is 11.7. The van der Waals surface area contributed by atoms with Crippen molar-refractivity contribution in [1.82, 2.24) is 0 Å². The van der Waals surface area contributed by atoms with E-state index < -0.39 is 11.0 Å². The summed E-state index contributed by atoms with van der Waals surface area (Å²) in [4.78, 5) is 11.7. The molecule has 4 heteroatoms. The Hall–Kier alpha value is -0.610. The van der Waals surface area contributed by atoms with Gasteiger partial charge in [-0.3, -0.25) is 4.79 Å². The van der Waals surface area contributed by atoms with E-state index in [9.17, 15) is 9.90 Å². The van der Waals surface area contributed by atoms with Gasteiger partial charge in [0.2, 0.25) is 0 Å². The molecule has 3 fully saturated rings. The maximum absolute atomic E-state index is 11.7. The predicted molar refractivity (Wildman–Crippen MR) is 46.5 cm³/mol. The van der Waals surface area contributed by atoms with Gasteiger partial charge in [-0.15, -0.1) is 0 Å². The number of carbonyl (C=O) groups excluding carboxylic acids is 1. The first kappa shape index (κ1) is 8.68. The topological polar surface area (TPSA) is 55.8 Å². The second-order valence-corrected chi connectivity index (χ2v) is 4.75. The van der Waals surface area contributed by atoms with Gasteiger partial charge in [0, 0.05) is 5.92 Å². The van der Waals surface area contributed by atoms with Crippen LogP contribution in [0.3, 0.4) is 0 Å². The van der Waals surface area contributed by atoms with E-state index in [0.29, 0.717) is 6.61 Å². The monoisotopic (exact) mass is 198 g/mol. The Balaban J connectivity index is 2.11. The third-order valence-electron chi connectivity index (χ3n) is 4.42. The third kappa shape index (κ3) is 0.653. The van der Waals surface area contributed by atoms with E-state index in [1.807, 2.05) is 6.92 Å². The lowest BCUT2D eigenvalue weighted by molar-refractivity contribution is -0.160. The number of cyclic esters (lactones) is 1. The van der Waals surface area contributed by atoms with E-state index in [4.69, 9.17) is 9.47 Å². The van der Waals surface area contributed by atoms with Gasteiger partial charge in [-0.2, -0.15) is 0 Å². The van der Waals surface area contributed by atoms with Gasteiger partial charge in [-0.1, -0.05) is 0 Å². The van der Waals surface area contributed by atoms with Crippen molar-refractivity contribution in [2.75, 3.05) is 13.2 Å². The van der Waals surface area contributed by atoms with Crippen LogP contribution < -0.4 is 0 Å². The lowest BCUT2D eigenvalue weighted by atomic mass is 9.62. The van der Waals surface area contributed by atoms with Crippen molar-refractivity contribution < 1.29 is 19.4 Å². The molecule has 4 atom stereocenters. The zero-order valence-electron chi connectivity index (χ0n) is 8.16. The summed E-state index contributed by atoms with van der Waals surface area (Å²) in [6.45, 7) is 2.26. The number of hydrogen-bond acceptors (Lipinski definition) is 4. The molecule has 3 aliphatic rings. The standard InChI is InChI=1S/C10H14O4/c1-9-6(4-13-8(9)12)7-2-3-10(9,5-11)14-7/h6-7,11H,2-5H2,1H3/t6-,7-,9+,10-/m1/s1. The molecule has 0 radical (unpaired) electrons. The van der Waals surface area contributed by atoms with Crippen LogP contribution in [0.5, 0.6) is 0 Å². The minimum absolute atomic E-state index is 0.0778. The number of aliphatic hydroxyl groups excluding tert-OH is 1. The summed E-state index contributed by atoms with van der Waals surface area (Å²) in [5.41, 5.74) is -1.26. The number of aliphatic hydroxyl groups is 1. The molecule has 2 bridgehead atoms. The van der Waals surface area contributed by atoms with Crippen molar-refractivity contribution in [3.63, 3.8) is 0 Å². The van der Waals surface area contributed by atoms with Gasteiger partial charge in [0.25, 0.3) is 0 Å². The molecule has 14 heavy (non-hydrogen) atoms. The Morgan fingerprint density at radius 3 is 3.14 bits per heavy atom. The van der Waals surface area contributed by atoms with Crippen molar-refractivity contribution in [1.29, 1.82) is 0 Å². The summed E-state index contributed by atoms with van der Waals surface area (Å²) in [5.74, 6) is -0.0466. The molecule has 0 unspecified atom stereocenters. The third-order valence-corrected chi connectivity index (χ3v) is 4.42. The molecule has 0 saturated carbocycles. The fraction of sp³-hybridized carbons (Fsp3) is 0.900. The minimum atomic E-state index is -0.657. The highest BCUT2D eigenvalue weighted by Gasteiger charge is 2.73. The van der Waals surface area contributed by atoms with Crippen LogP contribution in [-0.2, 0) is 14.3 Å². The first-order valence-corrected chi connectivity index (χ1v) is 5.10. The Morgan fingerprint density at radius 1 is 1.64 bits per heavy atom. The molecule has 3 heterocycles. The van der Waals surface area contributed by atoms with Gasteiger partial charge >= 0.3 is 5.97 Å². The zero-order chi connectivity index (χ0) is 9.97. The van der Waals surface area contributed by atoms with E-state index in [2.05, 4.69) is 0 Å². The van der Waals surface area contributed by atoms with E-state index in [1.165, 1.54) is 0 Å². The first-order chi connectivity index (χ1) is 6.64. The van der Waals surface area contributed by atoms with Crippen LogP contribution in [0.4, 0.5) is 0 Å². The van der Waals surface area contributed by atoms with Crippen LogP contribution in [0.1, 0.15) is 19.8 Å². The maximum Gasteiger partial charge on any atom is 0.315 e. The summed E-state index contributed by atoms with van der Waals surface area (Å²) < 4.78 is 10.9. The molecule has 0 aromatic rings. The van der Waals surface area contributed by atoms with Crippen LogP contribution in [0.25, 0.3) is 0 Å². The summed E-state index contributed by atoms with van der Waals surface area (Å²) >= 11 is 0. The second kappa shape index (κ2) is 2.31. The Labute approximate surface area is 82.2 Å². The Morgan fingerprint density at radius 2 is 2.43 bits per heavy atom. The van der Waals surface area contributed by atoms with Crippen LogP contribution in [0, 0.1) is 11.3 Å². The second-order valence-electron chi connectivity index (χ2n) is 4.75. The summed E-state index contributed by atoms with van der Waals surface area (Å²) in [6.07, 6.45) is 1.83. The van der Waals surface area contributed by atoms with Gasteiger partial charge in [0.05, 0.1) is 19.3 Å². The highest BCUT2D eigenvalue weighted by Crippen LogP contribution is 2.61. The molecule has 0 aromatic carbocycles. The van der Waals surface area contributed by atoms with E-state index in [0.717, 1.165) is 12.8 Å². The van der Waals surface area contributed by atoms with Gasteiger partial charge in [0.1, 0.15) is 11.0 Å². The number of esters is 1. The molecule has 3 aliphatic heterocycles. The number of hydrogen-bond donors (Lipinski definition) is 1. The highest BCUT2D eigenvalue weighted by atomic mass is 16.6. The van der Waals surface area contributed by atoms with Gasteiger partial charge in [-0.05, 0) is 19.8 Å². The predicted octanol–water partition coefficient (Wildman–Crippen LogP) is 0.0894. The summed E-state index contributed by atoms with van der Waals surface area (Å²) in [5, 5.41) is 9.44. The van der Waals surface area contributed by atoms with Gasteiger partial charge in [0.15, 0.2) is 0 Å². The lowest BCUT2D eigenvalue weighted by Crippen LogP contribution is -2.52. The number of carbonyl (C=O) groups is 1. The van der Waals surface area contributed by atoms with E-state index >= 15 is 0 Å². The molecular formula is C10H14O4. The van der Waals surface area contributed by atoms with Crippen molar-refractivity contribution in [2.45, 2.75) is 31.5 Å². The van der Waals surface area contributed by atoms with E-state index in [1.54, 1.807) is 0 Å². The lowest BCUT2D eigenvalue weighted by Gasteiger charge is -2.37. The summed E-state index contributed by atoms with van der Waals surface area (Å²) in [7, 11) is 0. The number of ether oxygens (including phenoxy) is 2. The molecule has 3 rings (SSSR count). The molecule has 0 aromatic heterocycles. The fourth-order valence-electron chi connectivity index (χ4n) is 3.37. The minimum Gasteiger partial charge on any atom is -0.465 e. The average Bonchev–Trinajstić information content (AvgIpc) is 2.78. The molecule has 1 N–H and O–H groups in total. The van der Waals surface area contributed by atoms with Gasteiger partial charge in [-0.25, -0.2) is 0 Å².